The van der Waals surface area contributed by atoms with Gasteiger partial charge in [-0.1, -0.05) is 0 Å². The fourth-order valence-electron chi connectivity index (χ4n) is 2.40. The monoisotopic (exact) mass is 251 g/mol. The average Bonchev–Trinajstić information content (AvgIpc) is 3.05. The molecule has 17 heavy (non-hydrogen) atoms. The lowest BCUT2D eigenvalue weighted by Crippen LogP contribution is -2.08. The number of Topliss-reactive ketones (excluding diaryl/α,β-unsaturated/α-hetero) is 1. The molecule has 1 aromatic rings. The SMILES string of the molecule is CCOC(c1nc2c(s1)C(=O)CCC2)C1CC1. The number of nitrogens with zero attached hydrogens (tertiary/aromatic N) is 1. The topological polar surface area (TPSA) is 39.2 Å². The van der Waals surface area contributed by atoms with E-state index in [-0.39, 0.29) is 11.9 Å². The van der Waals surface area contributed by atoms with Gasteiger partial charge in [-0.15, -0.1) is 11.3 Å². The summed E-state index contributed by atoms with van der Waals surface area (Å²) in [5.74, 6) is 0.915. The van der Waals surface area contributed by atoms with Crippen molar-refractivity contribution in [1.82, 2.24) is 4.98 Å². The van der Waals surface area contributed by atoms with Crippen LogP contribution in [0.3, 0.4) is 0 Å². The van der Waals surface area contributed by atoms with Crippen LogP contribution in [0, 0.1) is 5.92 Å². The van der Waals surface area contributed by atoms with Crippen LogP contribution in [0.5, 0.6) is 0 Å². The van der Waals surface area contributed by atoms with Gasteiger partial charge in [-0.3, -0.25) is 4.79 Å². The number of carbonyl (C=O) groups is 1. The molecule has 1 heterocycles. The number of hydrogen-bond donors (Lipinski definition) is 0. The van der Waals surface area contributed by atoms with Gasteiger partial charge in [0.2, 0.25) is 0 Å². The van der Waals surface area contributed by atoms with Crippen LogP contribution in [-0.4, -0.2) is 17.4 Å². The second kappa shape index (κ2) is 4.50. The Balaban J connectivity index is 1.89. The molecule has 0 radical (unpaired) electrons. The third-order valence-corrected chi connectivity index (χ3v) is 4.62. The Labute approximate surface area is 105 Å². The Morgan fingerprint density at radius 2 is 2.29 bits per heavy atom. The van der Waals surface area contributed by atoms with E-state index in [4.69, 9.17) is 4.74 Å². The van der Waals surface area contributed by atoms with Crippen molar-refractivity contribution in [1.29, 1.82) is 0 Å². The molecule has 92 valence electrons. The molecule has 1 aromatic heterocycles. The van der Waals surface area contributed by atoms with E-state index in [1.807, 2.05) is 6.92 Å². The Kier molecular flexibility index (Phi) is 3.01. The van der Waals surface area contributed by atoms with Gasteiger partial charge >= 0.3 is 0 Å². The summed E-state index contributed by atoms with van der Waals surface area (Å²) in [5.41, 5.74) is 1.02. The standard InChI is InChI=1S/C13H17NO2S/c1-2-16-11(8-6-7-8)13-14-9-4-3-5-10(15)12(9)17-13/h8,11H,2-7H2,1H3. The molecule has 0 N–H and O–H groups in total. The first-order valence-electron chi connectivity index (χ1n) is 6.44. The summed E-state index contributed by atoms with van der Waals surface area (Å²) in [4.78, 5) is 17.3. The van der Waals surface area contributed by atoms with Crippen molar-refractivity contribution < 1.29 is 9.53 Å². The average molecular weight is 251 g/mol. The number of rotatable bonds is 4. The minimum Gasteiger partial charge on any atom is -0.371 e. The summed E-state index contributed by atoms with van der Waals surface area (Å²) in [6.07, 6.45) is 5.23. The van der Waals surface area contributed by atoms with E-state index in [1.165, 1.54) is 12.8 Å². The fraction of sp³-hybridized carbons (Fsp3) is 0.692. The molecule has 1 unspecified atom stereocenters. The Hall–Kier alpha value is -0.740. The van der Waals surface area contributed by atoms with Crippen molar-refractivity contribution in [2.75, 3.05) is 6.61 Å². The van der Waals surface area contributed by atoms with Gasteiger partial charge in [0.1, 0.15) is 11.1 Å². The molecule has 0 amide bonds. The predicted octanol–water partition coefficient (Wildman–Crippen LogP) is 3.15. The van der Waals surface area contributed by atoms with Crippen LogP contribution in [0.1, 0.15) is 59.1 Å². The zero-order chi connectivity index (χ0) is 11.8. The first-order chi connectivity index (χ1) is 8.29. The van der Waals surface area contributed by atoms with Gasteiger partial charge in [0.15, 0.2) is 5.78 Å². The molecule has 3 rings (SSSR count). The molecule has 2 aliphatic rings. The lowest BCUT2D eigenvalue weighted by atomic mass is 10.0. The third kappa shape index (κ3) is 2.16. The quantitative estimate of drug-likeness (QED) is 0.825. The smallest absolute Gasteiger partial charge is 0.174 e. The maximum atomic E-state index is 11.8. The van der Waals surface area contributed by atoms with Gasteiger partial charge in [0, 0.05) is 13.0 Å². The molecule has 2 aliphatic carbocycles. The highest BCUT2D eigenvalue weighted by Crippen LogP contribution is 2.45. The van der Waals surface area contributed by atoms with Crippen LogP contribution in [0.15, 0.2) is 0 Å². The molecule has 0 spiro atoms. The van der Waals surface area contributed by atoms with Crippen molar-refractivity contribution in [2.45, 2.75) is 45.1 Å². The Bertz CT molecular complexity index is 437. The second-order valence-corrected chi connectivity index (χ2v) is 5.85. The van der Waals surface area contributed by atoms with Crippen LogP contribution in [0.25, 0.3) is 0 Å². The molecule has 4 heteroatoms. The van der Waals surface area contributed by atoms with E-state index >= 15 is 0 Å². The number of ketones is 1. The molecular formula is C13H17NO2S. The molecule has 3 nitrogen and oxygen atoms in total. The molecule has 0 bridgehead atoms. The molecule has 0 saturated heterocycles. The number of hydrogen-bond acceptors (Lipinski definition) is 4. The van der Waals surface area contributed by atoms with Gasteiger partial charge in [-0.2, -0.15) is 0 Å². The van der Waals surface area contributed by atoms with E-state index in [0.717, 1.165) is 35.0 Å². The number of aryl methyl sites for hydroxylation is 1. The lowest BCUT2D eigenvalue weighted by molar-refractivity contribution is 0.0461. The molecule has 1 fully saturated rings. The van der Waals surface area contributed by atoms with E-state index in [2.05, 4.69) is 4.98 Å². The zero-order valence-corrected chi connectivity index (χ0v) is 10.9. The van der Waals surface area contributed by atoms with Crippen LogP contribution in [-0.2, 0) is 11.2 Å². The predicted molar refractivity (Wildman–Crippen MR) is 66.5 cm³/mol. The molecular weight excluding hydrogens is 234 g/mol. The van der Waals surface area contributed by atoms with Crippen LogP contribution < -0.4 is 0 Å². The van der Waals surface area contributed by atoms with Crippen LogP contribution in [0.4, 0.5) is 0 Å². The van der Waals surface area contributed by atoms with E-state index in [9.17, 15) is 4.79 Å². The van der Waals surface area contributed by atoms with Crippen molar-refractivity contribution in [3.63, 3.8) is 0 Å². The summed E-state index contributed by atoms with van der Waals surface area (Å²) >= 11 is 1.57. The number of fused-ring (bicyclic) bond motifs is 1. The summed E-state index contributed by atoms with van der Waals surface area (Å²) in [5, 5.41) is 1.04. The summed E-state index contributed by atoms with van der Waals surface area (Å²) < 4.78 is 5.80. The van der Waals surface area contributed by atoms with E-state index in [1.54, 1.807) is 11.3 Å². The van der Waals surface area contributed by atoms with Crippen molar-refractivity contribution in [3.8, 4) is 0 Å². The van der Waals surface area contributed by atoms with Gasteiger partial charge < -0.3 is 4.74 Å². The molecule has 1 atom stereocenters. The summed E-state index contributed by atoms with van der Waals surface area (Å²) in [7, 11) is 0. The van der Waals surface area contributed by atoms with Crippen LogP contribution >= 0.6 is 11.3 Å². The van der Waals surface area contributed by atoms with Gasteiger partial charge in [-0.05, 0) is 38.5 Å². The Morgan fingerprint density at radius 3 is 2.94 bits per heavy atom. The largest absolute Gasteiger partial charge is 0.371 e. The van der Waals surface area contributed by atoms with Crippen molar-refractivity contribution >= 4 is 17.1 Å². The molecule has 1 saturated carbocycles. The minimum absolute atomic E-state index is 0.142. The fourth-order valence-corrected chi connectivity index (χ4v) is 3.62. The second-order valence-electron chi connectivity index (χ2n) is 4.82. The van der Waals surface area contributed by atoms with E-state index in [0.29, 0.717) is 12.3 Å². The minimum atomic E-state index is 0.142. The first kappa shape index (κ1) is 11.4. The number of thiazole rings is 1. The normalized spacial score (nSPS) is 21.4. The summed E-state index contributed by atoms with van der Waals surface area (Å²) in [6.45, 7) is 2.74. The first-order valence-corrected chi connectivity index (χ1v) is 7.25. The third-order valence-electron chi connectivity index (χ3n) is 3.42. The highest BCUT2D eigenvalue weighted by molar-refractivity contribution is 7.14. The zero-order valence-electron chi connectivity index (χ0n) is 10.1. The lowest BCUT2D eigenvalue weighted by Gasteiger charge is -2.12. The highest BCUT2D eigenvalue weighted by atomic mass is 32.1. The van der Waals surface area contributed by atoms with Gasteiger partial charge in [0.25, 0.3) is 0 Å². The van der Waals surface area contributed by atoms with E-state index < -0.39 is 0 Å². The van der Waals surface area contributed by atoms with Crippen LogP contribution in [0.2, 0.25) is 0 Å². The maximum absolute atomic E-state index is 11.8. The summed E-state index contributed by atoms with van der Waals surface area (Å²) in [6, 6.07) is 0. The maximum Gasteiger partial charge on any atom is 0.174 e. The highest BCUT2D eigenvalue weighted by Gasteiger charge is 2.36. The van der Waals surface area contributed by atoms with Gasteiger partial charge in [0.05, 0.1) is 10.6 Å². The Morgan fingerprint density at radius 1 is 1.47 bits per heavy atom. The number of aromatic nitrogens is 1. The molecule has 0 aromatic carbocycles. The number of ether oxygens (including phenoxy) is 1. The number of carbonyl (C=O) groups excluding carboxylic acids is 1. The van der Waals surface area contributed by atoms with Crippen molar-refractivity contribution in [2.24, 2.45) is 5.92 Å². The van der Waals surface area contributed by atoms with Crippen molar-refractivity contribution in [3.05, 3.63) is 15.6 Å². The van der Waals surface area contributed by atoms with Gasteiger partial charge in [-0.25, -0.2) is 4.98 Å². The molecule has 0 aliphatic heterocycles.